The Morgan fingerprint density at radius 1 is 1.42 bits per heavy atom. The van der Waals surface area contributed by atoms with Crippen molar-refractivity contribution in [3.05, 3.63) is 29.6 Å². The molecule has 0 spiro atoms. The Kier molecular flexibility index (Phi) is 4.50. The van der Waals surface area contributed by atoms with Crippen LogP contribution in [0.15, 0.2) is 18.2 Å². The highest BCUT2D eigenvalue weighted by atomic mass is 16.5. The molecular weight excluding hydrogens is 244 g/mol. The van der Waals surface area contributed by atoms with Gasteiger partial charge in [0.1, 0.15) is 5.69 Å². The van der Waals surface area contributed by atoms with Gasteiger partial charge >= 0.3 is 0 Å². The minimum absolute atomic E-state index is 0.0417. The molecular formula is C14H20N2O3. The van der Waals surface area contributed by atoms with Gasteiger partial charge in [0.05, 0.1) is 24.5 Å². The van der Waals surface area contributed by atoms with Crippen LogP contribution in [0.2, 0.25) is 0 Å². The number of aromatic nitrogens is 1. The summed E-state index contributed by atoms with van der Waals surface area (Å²) in [5.41, 5.74) is 1.23. The first-order chi connectivity index (χ1) is 9.10. The predicted molar refractivity (Wildman–Crippen MR) is 70.9 cm³/mol. The molecule has 2 rings (SSSR count). The van der Waals surface area contributed by atoms with Gasteiger partial charge in [-0.3, -0.25) is 4.79 Å². The summed E-state index contributed by atoms with van der Waals surface area (Å²) in [4.78, 5) is 18.5. The fraction of sp³-hybridized carbons (Fsp3) is 0.571. The second-order valence-electron chi connectivity index (χ2n) is 4.91. The fourth-order valence-electron chi connectivity index (χ4n) is 2.33. The number of rotatable bonds is 3. The lowest BCUT2D eigenvalue weighted by Crippen LogP contribution is -2.48. The standard InChI is InChI=1S/C14H20N2O3/c1-10-7-16(8-11(2)19-10)14(17)13-6-4-5-12(15-13)9-18-3/h4-6,10-11H,7-9H2,1-3H3/t10-,11+. The van der Waals surface area contributed by atoms with Crippen molar-refractivity contribution in [3.63, 3.8) is 0 Å². The molecule has 1 aliphatic heterocycles. The number of pyridine rings is 1. The SMILES string of the molecule is COCc1cccc(C(=O)N2C[C@@H](C)O[C@@H](C)C2)n1. The molecule has 0 bridgehead atoms. The molecule has 2 heterocycles. The van der Waals surface area contributed by atoms with Crippen molar-refractivity contribution in [2.24, 2.45) is 0 Å². The third kappa shape index (κ3) is 3.52. The van der Waals surface area contributed by atoms with Gasteiger partial charge in [-0.05, 0) is 26.0 Å². The van der Waals surface area contributed by atoms with Crippen LogP contribution in [-0.2, 0) is 16.1 Å². The predicted octanol–water partition coefficient (Wildman–Crippen LogP) is 1.48. The summed E-state index contributed by atoms with van der Waals surface area (Å²) in [6.07, 6.45) is 0.129. The molecule has 19 heavy (non-hydrogen) atoms. The topological polar surface area (TPSA) is 51.7 Å². The normalized spacial score (nSPS) is 23.4. The molecule has 0 aromatic carbocycles. The van der Waals surface area contributed by atoms with Gasteiger partial charge in [-0.2, -0.15) is 0 Å². The molecule has 1 saturated heterocycles. The average Bonchev–Trinajstić information content (AvgIpc) is 2.37. The smallest absolute Gasteiger partial charge is 0.272 e. The summed E-state index contributed by atoms with van der Waals surface area (Å²) >= 11 is 0. The van der Waals surface area contributed by atoms with Gasteiger partial charge in [-0.15, -0.1) is 0 Å². The van der Waals surface area contributed by atoms with Crippen LogP contribution in [0.25, 0.3) is 0 Å². The molecule has 5 heteroatoms. The van der Waals surface area contributed by atoms with Crippen LogP contribution in [0, 0.1) is 0 Å². The van der Waals surface area contributed by atoms with E-state index in [1.165, 1.54) is 0 Å². The summed E-state index contributed by atoms with van der Waals surface area (Å²) in [5, 5.41) is 0. The summed E-state index contributed by atoms with van der Waals surface area (Å²) in [7, 11) is 1.61. The van der Waals surface area contributed by atoms with Gasteiger partial charge in [-0.1, -0.05) is 6.07 Å². The van der Waals surface area contributed by atoms with E-state index in [-0.39, 0.29) is 18.1 Å². The Bertz CT molecular complexity index is 440. The Labute approximate surface area is 113 Å². The zero-order valence-electron chi connectivity index (χ0n) is 11.6. The maximum absolute atomic E-state index is 12.4. The van der Waals surface area contributed by atoms with Gasteiger partial charge in [0.2, 0.25) is 0 Å². The fourth-order valence-corrected chi connectivity index (χ4v) is 2.33. The molecule has 1 aromatic heterocycles. The number of hydrogen-bond acceptors (Lipinski definition) is 4. The molecule has 0 N–H and O–H groups in total. The van der Waals surface area contributed by atoms with Gasteiger partial charge < -0.3 is 14.4 Å². The first kappa shape index (κ1) is 14.0. The Balaban J connectivity index is 2.12. The molecule has 0 aliphatic carbocycles. The molecule has 0 radical (unpaired) electrons. The summed E-state index contributed by atoms with van der Waals surface area (Å²) < 4.78 is 10.7. The van der Waals surface area contributed by atoms with Crippen molar-refractivity contribution in [3.8, 4) is 0 Å². The van der Waals surface area contributed by atoms with Crippen LogP contribution >= 0.6 is 0 Å². The lowest BCUT2D eigenvalue weighted by Gasteiger charge is -2.35. The minimum atomic E-state index is -0.0417. The van der Waals surface area contributed by atoms with Crippen LogP contribution in [-0.4, -0.2) is 48.2 Å². The average molecular weight is 264 g/mol. The van der Waals surface area contributed by atoms with E-state index >= 15 is 0 Å². The maximum Gasteiger partial charge on any atom is 0.272 e. The molecule has 2 atom stereocenters. The molecule has 1 fully saturated rings. The van der Waals surface area contributed by atoms with E-state index in [0.29, 0.717) is 25.4 Å². The van der Waals surface area contributed by atoms with Crippen molar-refractivity contribution in [1.29, 1.82) is 0 Å². The summed E-state index contributed by atoms with van der Waals surface area (Å²) in [5.74, 6) is -0.0417. The zero-order chi connectivity index (χ0) is 13.8. The van der Waals surface area contributed by atoms with Gasteiger partial charge in [0.25, 0.3) is 5.91 Å². The number of amides is 1. The van der Waals surface area contributed by atoms with Crippen molar-refractivity contribution in [2.45, 2.75) is 32.7 Å². The highest BCUT2D eigenvalue weighted by Gasteiger charge is 2.27. The third-order valence-corrected chi connectivity index (χ3v) is 3.02. The first-order valence-corrected chi connectivity index (χ1v) is 6.49. The van der Waals surface area contributed by atoms with E-state index in [1.807, 2.05) is 26.0 Å². The monoisotopic (exact) mass is 264 g/mol. The zero-order valence-corrected chi connectivity index (χ0v) is 11.6. The van der Waals surface area contributed by atoms with Crippen LogP contribution in [0.3, 0.4) is 0 Å². The van der Waals surface area contributed by atoms with E-state index in [4.69, 9.17) is 9.47 Å². The lowest BCUT2D eigenvalue weighted by molar-refractivity contribution is -0.0587. The first-order valence-electron chi connectivity index (χ1n) is 6.49. The van der Waals surface area contributed by atoms with E-state index in [9.17, 15) is 4.79 Å². The van der Waals surface area contributed by atoms with Crippen molar-refractivity contribution in [2.75, 3.05) is 20.2 Å². The van der Waals surface area contributed by atoms with Crippen molar-refractivity contribution < 1.29 is 14.3 Å². The number of carbonyl (C=O) groups is 1. The highest BCUT2D eigenvalue weighted by molar-refractivity contribution is 5.92. The van der Waals surface area contributed by atoms with E-state index in [0.717, 1.165) is 5.69 Å². The summed E-state index contributed by atoms with van der Waals surface area (Å²) in [6.45, 7) is 5.59. The Morgan fingerprint density at radius 3 is 2.74 bits per heavy atom. The van der Waals surface area contributed by atoms with Gasteiger partial charge in [-0.25, -0.2) is 4.98 Å². The van der Waals surface area contributed by atoms with E-state index < -0.39 is 0 Å². The van der Waals surface area contributed by atoms with Crippen molar-refractivity contribution >= 4 is 5.91 Å². The molecule has 1 amide bonds. The van der Waals surface area contributed by atoms with Crippen molar-refractivity contribution in [1.82, 2.24) is 9.88 Å². The number of carbonyl (C=O) groups excluding carboxylic acids is 1. The second-order valence-corrected chi connectivity index (χ2v) is 4.91. The van der Waals surface area contributed by atoms with Crippen LogP contribution in [0.1, 0.15) is 30.0 Å². The Morgan fingerprint density at radius 2 is 2.11 bits per heavy atom. The molecule has 0 saturated carbocycles. The largest absolute Gasteiger partial charge is 0.378 e. The lowest BCUT2D eigenvalue weighted by atomic mass is 10.2. The molecule has 0 unspecified atom stereocenters. The van der Waals surface area contributed by atoms with Gasteiger partial charge in [0.15, 0.2) is 0 Å². The third-order valence-electron chi connectivity index (χ3n) is 3.02. The molecule has 5 nitrogen and oxygen atoms in total. The Hall–Kier alpha value is -1.46. The van der Waals surface area contributed by atoms with E-state index in [2.05, 4.69) is 4.98 Å². The molecule has 1 aromatic rings. The minimum Gasteiger partial charge on any atom is -0.378 e. The number of hydrogen-bond donors (Lipinski definition) is 0. The summed E-state index contributed by atoms with van der Waals surface area (Å²) in [6, 6.07) is 5.43. The van der Waals surface area contributed by atoms with Gasteiger partial charge in [0, 0.05) is 20.2 Å². The van der Waals surface area contributed by atoms with Crippen LogP contribution in [0.4, 0.5) is 0 Å². The number of morpholine rings is 1. The number of methoxy groups -OCH3 is 1. The maximum atomic E-state index is 12.4. The highest BCUT2D eigenvalue weighted by Crippen LogP contribution is 2.13. The molecule has 104 valence electrons. The number of ether oxygens (including phenoxy) is 2. The van der Waals surface area contributed by atoms with Crippen LogP contribution in [0.5, 0.6) is 0 Å². The van der Waals surface area contributed by atoms with E-state index in [1.54, 1.807) is 18.1 Å². The van der Waals surface area contributed by atoms with Crippen LogP contribution < -0.4 is 0 Å². The quantitative estimate of drug-likeness (QED) is 0.829. The number of nitrogens with zero attached hydrogens (tertiary/aromatic N) is 2. The molecule has 1 aliphatic rings. The second kappa shape index (κ2) is 6.12.